The summed E-state index contributed by atoms with van der Waals surface area (Å²) in [7, 11) is 0. The van der Waals surface area contributed by atoms with E-state index >= 15 is 0 Å². The average molecular weight is 340 g/mol. The predicted octanol–water partition coefficient (Wildman–Crippen LogP) is 2.46. The summed E-state index contributed by atoms with van der Waals surface area (Å²) in [5.74, 6) is 0.117. The van der Waals surface area contributed by atoms with E-state index in [0.29, 0.717) is 17.7 Å². The van der Waals surface area contributed by atoms with Gasteiger partial charge in [0, 0.05) is 24.7 Å². The highest BCUT2D eigenvalue weighted by molar-refractivity contribution is 6.02. The molecule has 25 heavy (non-hydrogen) atoms. The molecule has 0 aliphatic carbocycles. The van der Waals surface area contributed by atoms with Crippen molar-refractivity contribution in [3.63, 3.8) is 0 Å². The van der Waals surface area contributed by atoms with Crippen LogP contribution in [0.3, 0.4) is 0 Å². The third-order valence-corrected chi connectivity index (χ3v) is 5.09. The van der Waals surface area contributed by atoms with Gasteiger partial charge in [-0.2, -0.15) is 5.10 Å². The van der Waals surface area contributed by atoms with Gasteiger partial charge in [-0.15, -0.1) is 0 Å². The predicted molar refractivity (Wildman–Crippen MR) is 95.9 cm³/mol. The zero-order valence-electron chi connectivity index (χ0n) is 14.6. The smallest absolute Gasteiger partial charge is 0.273 e. The summed E-state index contributed by atoms with van der Waals surface area (Å²) in [5.41, 5.74) is 3.33. The molecule has 1 amide bonds. The first-order valence-corrected chi connectivity index (χ1v) is 8.86. The lowest BCUT2D eigenvalue weighted by molar-refractivity contribution is -0.00521. The SMILES string of the molecule is CC(C)c1cc(C(=O)Nc2ccc(C[C@@]34CN[C@@H](CO3)C4)cc2)[nH]n1. The van der Waals surface area contributed by atoms with E-state index in [1.54, 1.807) is 6.07 Å². The molecule has 2 atom stereocenters. The molecule has 0 spiro atoms. The summed E-state index contributed by atoms with van der Waals surface area (Å²) >= 11 is 0. The fourth-order valence-corrected chi connectivity index (χ4v) is 3.64. The monoisotopic (exact) mass is 340 g/mol. The number of morpholine rings is 1. The molecule has 2 bridgehead atoms. The number of carbonyl (C=O) groups excluding carboxylic acids is 1. The Balaban J connectivity index is 1.39. The normalized spacial score (nSPS) is 24.8. The number of nitrogens with zero attached hydrogens (tertiary/aromatic N) is 1. The van der Waals surface area contributed by atoms with Gasteiger partial charge in [0.05, 0.1) is 17.9 Å². The van der Waals surface area contributed by atoms with E-state index in [2.05, 4.69) is 33.0 Å². The average Bonchev–Trinajstić information content (AvgIpc) is 3.32. The Kier molecular flexibility index (Phi) is 4.09. The summed E-state index contributed by atoms with van der Waals surface area (Å²) in [6, 6.07) is 10.3. The Morgan fingerprint density at radius 2 is 2.20 bits per heavy atom. The van der Waals surface area contributed by atoms with Crippen LogP contribution in [0.5, 0.6) is 0 Å². The van der Waals surface area contributed by atoms with Crippen LogP contribution >= 0.6 is 0 Å². The zero-order chi connectivity index (χ0) is 17.4. The maximum absolute atomic E-state index is 12.3. The number of fused-ring (bicyclic) bond motifs is 2. The molecule has 2 aliphatic heterocycles. The van der Waals surface area contributed by atoms with Crippen molar-refractivity contribution in [2.24, 2.45) is 0 Å². The molecule has 0 radical (unpaired) electrons. The topological polar surface area (TPSA) is 79.0 Å². The zero-order valence-corrected chi connectivity index (χ0v) is 14.6. The molecule has 132 valence electrons. The second-order valence-electron chi connectivity index (χ2n) is 7.46. The van der Waals surface area contributed by atoms with Crippen LogP contribution in [0.2, 0.25) is 0 Å². The number of nitrogens with one attached hydrogen (secondary N) is 3. The van der Waals surface area contributed by atoms with Crippen molar-refractivity contribution in [2.75, 3.05) is 18.5 Å². The van der Waals surface area contributed by atoms with Crippen molar-refractivity contribution in [3.05, 3.63) is 47.3 Å². The highest BCUT2D eigenvalue weighted by Crippen LogP contribution is 2.34. The van der Waals surface area contributed by atoms with Crippen molar-refractivity contribution in [1.29, 1.82) is 0 Å². The molecule has 2 fully saturated rings. The van der Waals surface area contributed by atoms with Crippen LogP contribution in [0.1, 0.15) is 47.9 Å². The third-order valence-electron chi connectivity index (χ3n) is 5.09. The first-order valence-electron chi connectivity index (χ1n) is 8.86. The summed E-state index contributed by atoms with van der Waals surface area (Å²) in [6.45, 7) is 5.84. The first kappa shape index (κ1) is 16.3. The van der Waals surface area contributed by atoms with Gasteiger partial charge in [-0.3, -0.25) is 9.89 Å². The number of rotatable bonds is 5. The second kappa shape index (κ2) is 6.28. The number of aromatic amines is 1. The summed E-state index contributed by atoms with van der Waals surface area (Å²) < 4.78 is 5.97. The third kappa shape index (κ3) is 3.32. The lowest BCUT2D eigenvalue weighted by Gasteiger charge is -2.26. The maximum atomic E-state index is 12.3. The van der Waals surface area contributed by atoms with E-state index in [0.717, 1.165) is 37.4 Å². The molecule has 4 rings (SSSR count). The molecular weight excluding hydrogens is 316 g/mol. The van der Waals surface area contributed by atoms with E-state index in [1.165, 1.54) is 5.56 Å². The van der Waals surface area contributed by atoms with E-state index in [-0.39, 0.29) is 11.5 Å². The van der Waals surface area contributed by atoms with Crippen molar-refractivity contribution in [2.45, 2.75) is 44.2 Å². The first-order chi connectivity index (χ1) is 12.0. The highest BCUT2D eigenvalue weighted by Gasteiger charge is 2.45. The number of H-pyrrole nitrogens is 1. The minimum atomic E-state index is -0.173. The van der Waals surface area contributed by atoms with Gasteiger partial charge in [0.2, 0.25) is 0 Å². The Hall–Kier alpha value is -2.18. The number of hydrogen-bond acceptors (Lipinski definition) is 4. The lowest BCUT2D eigenvalue weighted by Crippen LogP contribution is -2.40. The van der Waals surface area contributed by atoms with Crippen LogP contribution < -0.4 is 10.6 Å². The molecule has 2 saturated heterocycles. The molecule has 2 aromatic rings. The van der Waals surface area contributed by atoms with Gasteiger partial charge in [0.1, 0.15) is 5.69 Å². The van der Waals surface area contributed by atoms with Crippen molar-refractivity contribution in [3.8, 4) is 0 Å². The molecule has 0 unspecified atom stereocenters. The number of hydrogen-bond donors (Lipinski definition) is 3. The van der Waals surface area contributed by atoms with E-state index in [1.807, 2.05) is 26.0 Å². The summed E-state index contributed by atoms with van der Waals surface area (Å²) in [5, 5.41) is 13.4. The van der Waals surface area contributed by atoms with Gasteiger partial charge in [-0.1, -0.05) is 26.0 Å². The number of anilines is 1. The van der Waals surface area contributed by atoms with Crippen molar-refractivity contribution < 1.29 is 9.53 Å². The number of ether oxygens (including phenoxy) is 1. The highest BCUT2D eigenvalue weighted by atomic mass is 16.5. The van der Waals surface area contributed by atoms with Gasteiger partial charge in [0.15, 0.2) is 0 Å². The Morgan fingerprint density at radius 1 is 1.40 bits per heavy atom. The minimum absolute atomic E-state index is 0.0431. The summed E-state index contributed by atoms with van der Waals surface area (Å²) in [6.07, 6.45) is 1.99. The molecule has 0 saturated carbocycles. The van der Waals surface area contributed by atoms with Gasteiger partial charge < -0.3 is 15.4 Å². The largest absolute Gasteiger partial charge is 0.372 e. The molecule has 3 N–H and O–H groups in total. The molecule has 1 aromatic heterocycles. The molecule has 6 nitrogen and oxygen atoms in total. The fraction of sp³-hybridized carbons (Fsp3) is 0.474. The number of aromatic nitrogens is 2. The van der Waals surface area contributed by atoms with Crippen LogP contribution in [0.15, 0.2) is 30.3 Å². The maximum Gasteiger partial charge on any atom is 0.273 e. The summed E-state index contributed by atoms with van der Waals surface area (Å²) in [4.78, 5) is 12.3. The van der Waals surface area contributed by atoms with Gasteiger partial charge in [-0.25, -0.2) is 0 Å². The van der Waals surface area contributed by atoms with Gasteiger partial charge in [0.25, 0.3) is 5.91 Å². The van der Waals surface area contributed by atoms with Crippen LogP contribution in [0.4, 0.5) is 5.69 Å². The van der Waals surface area contributed by atoms with E-state index < -0.39 is 0 Å². The lowest BCUT2D eigenvalue weighted by atomic mass is 9.93. The number of benzene rings is 1. The van der Waals surface area contributed by atoms with Crippen LogP contribution in [0.25, 0.3) is 0 Å². The molecular formula is C19H24N4O2. The number of amides is 1. The molecule has 2 aliphatic rings. The Bertz CT molecular complexity index is 758. The Labute approximate surface area is 147 Å². The molecule has 3 heterocycles. The van der Waals surface area contributed by atoms with Gasteiger partial charge >= 0.3 is 0 Å². The van der Waals surface area contributed by atoms with Crippen molar-refractivity contribution in [1.82, 2.24) is 15.5 Å². The van der Waals surface area contributed by atoms with Crippen LogP contribution in [0, 0.1) is 0 Å². The molecule has 1 aromatic carbocycles. The van der Waals surface area contributed by atoms with Crippen LogP contribution in [-0.2, 0) is 11.2 Å². The van der Waals surface area contributed by atoms with E-state index in [9.17, 15) is 4.79 Å². The van der Waals surface area contributed by atoms with Crippen LogP contribution in [-0.4, -0.2) is 40.9 Å². The van der Waals surface area contributed by atoms with Crippen molar-refractivity contribution >= 4 is 11.6 Å². The quantitative estimate of drug-likeness (QED) is 0.781. The second-order valence-corrected chi connectivity index (χ2v) is 7.46. The fourth-order valence-electron chi connectivity index (χ4n) is 3.64. The minimum Gasteiger partial charge on any atom is -0.372 e. The molecule has 6 heteroatoms. The van der Waals surface area contributed by atoms with E-state index in [4.69, 9.17) is 4.74 Å². The number of carbonyl (C=O) groups is 1. The Morgan fingerprint density at radius 3 is 2.76 bits per heavy atom. The standard InChI is InChI=1S/C19H24N4O2/c1-12(2)16-7-17(23-22-16)18(24)21-14-5-3-13(4-6-14)8-19-9-15(10-25-19)20-11-19/h3-7,12,15,20H,8-11H2,1-2H3,(H,21,24)(H,22,23)/t15-,19-/m1/s1. The van der Waals surface area contributed by atoms with Gasteiger partial charge in [-0.05, 0) is 36.1 Å².